The van der Waals surface area contributed by atoms with Crippen LogP contribution in [-0.4, -0.2) is 23.4 Å². The lowest BCUT2D eigenvalue weighted by Gasteiger charge is -2.09. The van der Waals surface area contributed by atoms with Crippen LogP contribution in [0.4, 0.5) is 4.39 Å². The minimum absolute atomic E-state index is 0.0282. The van der Waals surface area contributed by atoms with Gasteiger partial charge in [0.25, 0.3) is 0 Å². The number of sulfonamides is 1. The summed E-state index contributed by atoms with van der Waals surface area (Å²) in [6.07, 6.45) is 0. The predicted octanol–water partition coefficient (Wildman–Crippen LogP) is 5.02. The molecule has 0 saturated heterocycles. The third kappa shape index (κ3) is 4.32. The normalized spacial score (nSPS) is 11.8. The van der Waals surface area contributed by atoms with E-state index in [1.54, 1.807) is 12.1 Å². The fourth-order valence-electron chi connectivity index (χ4n) is 3.46. The number of nitrogens with one attached hydrogen (secondary N) is 1. The minimum Gasteiger partial charge on any atom is -0.340 e. The van der Waals surface area contributed by atoms with Gasteiger partial charge < -0.3 is 4.98 Å². The molecule has 0 atom stereocenters. The van der Waals surface area contributed by atoms with Gasteiger partial charge in [-0.05, 0) is 55.0 Å². The van der Waals surface area contributed by atoms with E-state index in [0.29, 0.717) is 16.8 Å². The quantitative estimate of drug-likeness (QED) is 0.445. The summed E-state index contributed by atoms with van der Waals surface area (Å²) in [6.45, 7) is 6.00. The molecular weight excluding hydrogens is 427 g/mol. The molecule has 0 amide bonds. The summed E-state index contributed by atoms with van der Waals surface area (Å²) in [5.41, 5.74) is 4.66. The molecule has 0 spiro atoms. The summed E-state index contributed by atoms with van der Waals surface area (Å²) in [4.78, 5) is 12.7. The Hall–Kier alpha value is -3.36. The number of H-pyrrole nitrogens is 1. The van der Waals surface area contributed by atoms with Gasteiger partial charge in [0.1, 0.15) is 11.6 Å². The average molecular weight is 451 g/mol. The molecule has 0 fully saturated rings. The molecule has 2 heterocycles. The smallest absolute Gasteiger partial charge is 0.238 e. The molecular formula is C24H23FN4O2S. The highest BCUT2D eigenvalue weighted by Crippen LogP contribution is 2.34. The lowest BCUT2D eigenvalue weighted by Crippen LogP contribution is -2.11. The van der Waals surface area contributed by atoms with Gasteiger partial charge in [0.2, 0.25) is 10.0 Å². The number of aromatic amines is 1. The third-order valence-electron chi connectivity index (χ3n) is 5.15. The maximum atomic E-state index is 14.7. The van der Waals surface area contributed by atoms with Crippen molar-refractivity contribution in [2.24, 2.45) is 5.14 Å². The summed E-state index contributed by atoms with van der Waals surface area (Å²) in [6, 6.07) is 16.3. The van der Waals surface area contributed by atoms with Crippen LogP contribution in [0.25, 0.3) is 33.8 Å². The molecule has 0 aliphatic heterocycles. The first-order valence-electron chi connectivity index (χ1n) is 10.1. The van der Waals surface area contributed by atoms with Crippen LogP contribution in [0, 0.1) is 12.7 Å². The number of hydrogen-bond acceptors (Lipinski definition) is 4. The Morgan fingerprint density at radius 3 is 2.28 bits per heavy atom. The second kappa shape index (κ2) is 8.29. The first kappa shape index (κ1) is 21.9. The van der Waals surface area contributed by atoms with E-state index in [1.165, 1.54) is 30.3 Å². The van der Waals surface area contributed by atoms with E-state index >= 15 is 0 Å². The van der Waals surface area contributed by atoms with E-state index in [9.17, 15) is 12.8 Å². The topological polar surface area (TPSA) is 102 Å². The van der Waals surface area contributed by atoms with Crippen LogP contribution in [0.5, 0.6) is 0 Å². The maximum Gasteiger partial charge on any atom is 0.238 e. The van der Waals surface area contributed by atoms with Crippen molar-refractivity contribution < 1.29 is 12.8 Å². The number of pyridine rings is 1. The molecule has 32 heavy (non-hydrogen) atoms. The molecule has 4 rings (SSSR count). The van der Waals surface area contributed by atoms with Crippen molar-refractivity contribution in [3.8, 4) is 33.8 Å². The summed E-state index contributed by atoms with van der Waals surface area (Å²) in [7, 11) is -3.82. The monoisotopic (exact) mass is 450 g/mol. The van der Waals surface area contributed by atoms with Gasteiger partial charge in [0, 0.05) is 22.7 Å². The number of imidazole rings is 1. The third-order valence-corrected chi connectivity index (χ3v) is 6.08. The van der Waals surface area contributed by atoms with Crippen LogP contribution in [0.2, 0.25) is 0 Å². The van der Waals surface area contributed by atoms with Crippen LogP contribution >= 0.6 is 0 Å². The van der Waals surface area contributed by atoms with E-state index in [4.69, 9.17) is 10.1 Å². The van der Waals surface area contributed by atoms with E-state index in [2.05, 4.69) is 9.97 Å². The summed E-state index contributed by atoms with van der Waals surface area (Å²) in [5, 5.41) is 5.17. The molecule has 0 aliphatic rings. The molecule has 6 nitrogen and oxygen atoms in total. The molecule has 0 aliphatic carbocycles. The van der Waals surface area contributed by atoms with Crippen molar-refractivity contribution in [1.82, 2.24) is 15.0 Å². The van der Waals surface area contributed by atoms with Gasteiger partial charge in [0.05, 0.1) is 22.0 Å². The minimum atomic E-state index is -3.82. The molecule has 164 valence electrons. The van der Waals surface area contributed by atoms with Crippen molar-refractivity contribution >= 4 is 10.0 Å². The Morgan fingerprint density at radius 2 is 1.66 bits per heavy atom. The Labute approximate surface area is 186 Å². The van der Waals surface area contributed by atoms with Gasteiger partial charge in [-0.15, -0.1) is 0 Å². The summed E-state index contributed by atoms with van der Waals surface area (Å²) in [5.74, 6) is 0.548. The SMILES string of the molecule is Cc1cccc(-c2[nH]c(C(C)C)nc2-c2ccc(F)c(-c3ccc(S(N)(=O)=O)cc3)c2)n1. The highest BCUT2D eigenvalue weighted by Gasteiger charge is 2.19. The Bertz CT molecular complexity index is 1390. The van der Waals surface area contributed by atoms with E-state index in [1.807, 2.05) is 39.0 Å². The fraction of sp³-hybridized carbons (Fsp3) is 0.167. The van der Waals surface area contributed by atoms with Crippen LogP contribution < -0.4 is 5.14 Å². The summed E-state index contributed by atoms with van der Waals surface area (Å²) >= 11 is 0. The molecule has 0 radical (unpaired) electrons. The standard InChI is InChI=1S/C24H23FN4O2S/c1-14(2)24-28-22(23(29-24)21-6-4-5-15(3)27-21)17-9-12-20(25)19(13-17)16-7-10-18(11-8-16)32(26,30)31/h4-14H,1-3H3,(H,28,29)(H2,26,30,31). The number of nitrogens with zero attached hydrogens (tertiary/aromatic N) is 2. The van der Waals surface area contributed by atoms with Gasteiger partial charge in [-0.1, -0.05) is 32.0 Å². The second-order valence-electron chi connectivity index (χ2n) is 7.93. The lowest BCUT2D eigenvalue weighted by molar-refractivity contribution is 0.598. The van der Waals surface area contributed by atoms with Gasteiger partial charge in [-0.25, -0.2) is 22.9 Å². The Balaban J connectivity index is 1.85. The maximum absolute atomic E-state index is 14.7. The highest BCUT2D eigenvalue weighted by atomic mass is 32.2. The van der Waals surface area contributed by atoms with Gasteiger partial charge in [-0.3, -0.25) is 4.98 Å². The zero-order valence-corrected chi connectivity index (χ0v) is 18.7. The number of aromatic nitrogens is 3. The van der Waals surface area contributed by atoms with Crippen molar-refractivity contribution in [3.05, 3.63) is 78.0 Å². The molecule has 8 heteroatoms. The lowest BCUT2D eigenvalue weighted by atomic mass is 10.00. The predicted molar refractivity (Wildman–Crippen MR) is 123 cm³/mol. The molecule has 0 bridgehead atoms. The number of rotatable bonds is 5. The fourth-order valence-corrected chi connectivity index (χ4v) is 3.97. The molecule has 4 aromatic rings. The van der Waals surface area contributed by atoms with Crippen LogP contribution in [-0.2, 0) is 10.0 Å². The molecule has 0 unspecified atom stereocenters. The zero-order chi connectivity index (χ0) is 23.0. The first-order valence-corrected chi connectivity index (χ1v) is 11.6. The second-order valence-corrected chi connectivity index (χ2v) is 9.49. The van der Waals surface area contributed by atoms with E-state index in [-0.39, 0.29) is 10.8 Å². The van der Waals surface area contributed by atoms with E-state index in [0.717, 1.165) is 28.5 Å². The number of halogens is 1. The first-order chi connectivity index (χ1) is 15.1. The molecule has 0 saturated carbocycles. The van der Waals surface area contributed by atoms with Crippen molar-refractivity contribution in [2.75, 3.05) is 0 Å². The molecule has 2 aromatic heterocycles. The summed E-state index contributed by atoms with van der Waals surface area (Å²) < 4.78 is 37.8. The number of nitrogens with two attached hydrogens (primary N) is 1. The number of benzene rings is 2. The van der Waals surface area contributed by atoms with Gasteiger partial charge in [0.15, 0.2) is 0 Å². The average Bonchev–Trinajstić information content (AvgIpc) is 3.19. The van der Waals surface area contributed by atoms with Gasteiger partial charge in [-0.2, -0.15) is 0 Å². The Morgan fingerprint density at radius 1 is 0.969 bits per heavy atom. The molecule has 2 aromatic carbocycles. The number of aryl methyl sites for hydroxylation is 1. The van der Waals surface area contributed by atoms with Crippen molar-refractivity contribution in [1.29, 1.82) is 0 Å². The van der Waals surface area contributed by atoms with Crippen molar-refractivity contribution in [3.63, 3.8) is 0 Å². The highest BCUT2D eigenvalue weighted by molar-refractivity contribution is 7.89. The van der Waals surface area contributed by atoms with E-state index < -0.39 is 15.8 Å². The largest absolute Gasteiger partial charge is 0.340 e. The number of hydrogen-bond donors (Lipinski definition) is 2. The van der Waals surface area contributed by atoms with Crippen LogP contribution in [0.15, 0.2) is 65.6 Å². The zero-order valence-electron chi connectivity index (χ0n) is 17.9. The molecule has 3 N–H and O–H groups in total. The van der Waals surface area contributed by atoms with Crippen molar-refractivity contribution in [2.45, 2.75) is 31.6 Å². The van der Waals surface area contributed by atoms with Gasteiger partial charge >= 0.3 is 0 Å². The number of primary sulfonamides is 1. The van der Waals surface area contributed by atoms with Crippen LogP contribution in [0.1, 0.15) is 31.3 Å². The van der Waals surface area contributed by atoms with Crippen LogP contribution in [0.3, 0.4) is 0 Å². The Kier molecular flexibility index (Phi) is 5.66.